The Morgan fingerprint density at radius 3 is 2.60 bits per heavy atom. The van der Waals surface area contributed by atoms with Crippen LogP contribution in [-0.2, 0) is 13.2 Å². The van der Waals surface area contributed by atoms with Crippen LogP contribution >= 0.6 is 0 Å². The van der Waals surface area contributed by atoms with Crippen molar-refractivity contribution in [3.63, 3.8) is 0 Å². The van der Waals surface area contributed by atoms with Gasteiger partial charge in [-0.1, -0.05) is 12.1 Å². The Bertz CT molecular complexity index is 949. The molecule has 0 amide bonds. The quantitative estimate of drug-likeness (QED) is 0.562. The number of fused-ring (bicyclic) bond motifs is 1. The molecule has 0 radical (unpaired) electrons. The van der Waals surface area contributed by atoms with Crippen LogP contribution in [0.4, 0.5) is 19.0 Å². The Morgan fingerprint density at radius 2 is 1.92 bits per heavy atom. The molecule has 9 heteroatoms. The number of nitrogen functional groups attached to an aromatic ring is 1. The van der Waals surface area contributed by atoms with E-state index < -0.39 is 12.0 Å². The average Bonchev–Trinajstić information content (AvgIpc) is 3.32. The highest BCUT2D eigenvalue weighted by molar-refractivity contribution is 5.76. The van der Waals surface area contributed by atoms with E-state index >= 15 is 0 Å². The highest BCUT2D eigenvalue weighted by Gasteiger charge is 2.45. The second-order valence-electron chi connectivity index (χ2n) is 6.11. The fourth-order valence-corrected chi connectivity index (χ4v) is 3.16. The topological polar surface area (TPSA) is 81.7 Å². The van der Waals surface area contributed by atoms with E-state index in [0.29, 0.717) is 12.1 Å². The first-order valence-electron chi connectivity index (χ1n) is 7.72. The van der Waals surface area contributed by atoms with E-state index in [1.807, 2.05) is 35.9 Å². The van der Waals surface area contributed by atoms with E-state index in [1.165, 1.54) is 6.07 Å². The third-order valence-electron chi connectivity index (χ3n) is 4.47. The average molecular weight is 348 g/mol. The molecule has 3 aromatic rings. The Kier molecular flexibility index (Phi) is 3.43. The van der Waals surface area contributed by atoms with Crippen molar-refractivity contribution >= 4 is 16.9 Å². The first-order valence-corrected chi connectivity index (χ1v) is 7.72. The van der Waals surface area contributed by atoms with Gasteiger partial charge in [0.25, 0.3) is 0 Å². The molecule has 2 unspecified atom stereocenters. The van der Waals surface area contributed by atoms with Crippen LogP contribution in [0.1, 0.15) is 35.6 Å². The SMILES string of the molecule is Cn1c(C2CC2c2cc(NN)nc(C(F)(F)F)n2)nc2ccccc21. The molecule has 2 atom stereocenters. The van der Waals surface area contributed by atoms with Gasteiger partial charge in [0, 0.05) is 24.9 Å². The van der Waals surface area contributed by atoms with Gasteiger partial charge in [-0.25, -0.2) is 20.8 Å². The Balaban J connectivity index is 1.69. The Labute approximate surface area is 140 Å². The van der Waals surface area contributed by atoms with Crippen LogP contribution in [0.2, 0.25) is 0 Å². The van der Waals surface area contributed by atoms with Crippen LogP contribution in [0.25, 0.3) is 11.0 Å². The predicted molar refractivity (Wildman–Crippen MR) is 85.7 cm³/mol. The smallest absolute Gasteiger partial charge is 0.331 e. The van der Waals surface area contributed by atoms with Crippen LogP contribution in [0.5, 0.6) is 0 Å². The van der Waals surface area contributed by atoms with E-state index in [0.717, 1.165) is 16.9 Å². The van der Waals surface area contributed by atoms with Crippen molar-refractivity contribution < 1.29 is 13.2 Å². The van der Waals surface area contributed by atoms with Crippen molar-refractivity contribution in [2.75, 3.05) is 5.43 Å². The molecule has 4 rings (SSSR count). The zero-order valence-corrected chi connectivity index (χ0v) is 13.2. The van der Waals surface area contributed by atoms with Gasteiger partial charge in [0.15, 0.2) is 0 Å². The van der Waals surface area contributed by atoms with E-state index in [-0.39, 0.29) is 17.7 Å². The zero-order chi connectivity index (χ0) is 17.8. The van der Waals surface area contributed by atoms with Crippen LogP contribution < -0.4 is 11.3 Å². The summed E-state index contributed by atoms with van der Waals surface area (Å²) in [5.41, 5.74) is 4.37. The van der Waals surface area contributed by atoms with Gasteiger partial charge in [-0.2, -0.15) is 13.2 Å². The number of halogens is 3. The molecule has 0 saturated heterocycles. The number of rotatable bonds is 3. The molecular weight excluding hydrogens is 333 g/mol. The summed E-state index contributed by atoms with van der Waals surface area (Å²) in [4.78, 5) is 11.7. The number of nitrogens with zero attached hydrogens (tertiary/aromatic N) is 4. The lowest BCUT2D eigenvalue weighted by Crippen LogP contribution is -2.17. The molecule has 1 aliphatic carbocycles. The molecule has 1 saturated carbocycles. The summed E-state index contributed by atoms with van der Waals surface area (Å²) in [6.45, 7) is 0. The van der Waals surface area contributed by atoms with Gasteiger partial charge in [0.1, 0.15) is 11.6 Å². The summed E-state index contributed by atoms with van der Waals surface area (Å²) in [5, 5.41) is 0. The van der Waals surface area contributed by atoms with Crippen LogP contribution in [0, 0.1) is 0 Å². The molecule has 3 N–H and O–H groups in total. The van der Waals surface area contributed by atoms with Crippen molar-refractivity contribution in [3.05, 3.63) is 47.7 Å². The van der Waals surface area contributed by atoms with E-state index in [1.54, 1.807) is 0 Å². The van der Waals surface area contributed by atoms with Crippen LogP contribution in [0.3, 0.4) is 0 Å². The minimum Gasteiger partial charge on any atom is -0.331 e. The summed E-state index contributed by atoms with van der Waals surface area (Å²) in [6, 6.07) is 9.17. The molecule has 25 heavy (non-hydrogen) atoms. The number of hydrazine groups is 1. The van der Waals surface area contributed by atoms with Crippen LogP contribution in [0.15, 0.2) is 30.3 Å². The van der Waals surface area contributed by atoms with Gasteiger partial charge in [0.2, 0.25) is 5.82 Å². The molecule has 130 valence electrons. The number of benzene rings is 1. The largest absolute Gasteiger partial charge is 0.451 e. The van der Waals surface area contributed by atoms with Gasteiger partial charge in [-0.15, -0.1) is 0 Å². The fourth-order valence-electron chi connectivity index (χ4n) is 3.16. The highest BCUT2D eigenvalue weighted by Crippen LogP contribution is 2.54. The zero-order valence-electron chi connectivity index (χ0n) is 13.2. The van der Waals surface area contributed by atoms with Crippen molar-refractivity contribution in [2.45, 2.75) is 24.4 Å². The normalized spacial score (nSPS) is 20.0. The maximum Gasteiger partial charge on any atom is 0.451 e. The fraction of sp³-hybridized carbons (Fsp3) is 0.312. The monoisotopic (exact) mass is 348 g/mol. The lowest BCUT2D eigenvalue weighted by Gasteiger charge is -2.10. The summed E-state index contributed by atoms with van der Waals surface area (Å²) >= 11 is 0. The summed E-state index contributed by atoms with van der Waals surface area (Å²) in [6.07, 6.45) is -3.93. The predicted octanol–water partition coefficient (Wildman–Crippen LogP) is 2.94. The first kappa shape index (κ1) is 15.8. The van der Waals surface area contributed by atoms with Gasteiger partial charge in [-0.3, -0.25) is 0 Å². The number of nitrogens with one attached hydrogen (secondary N) is 1. The maximum atomic E-state index is 13.0. The van der Waals surface area contributed by atoms with Crippen molar-refractivity contribution in [3.8, 4) is 0 Å². The second kappa shape index (κ2) is 5.41. The van der Waals surface area contributed by atoms with Crippen molar-refractivity contribution in [1.29, 1.82) is 0 Å². The number of para-hydroxylation sites is 2. The molecule has 6 nitrogen and oxygen atoms in total. The third kappa shape index (κ3) is 2.70. The number of imidazole rings is 1. The lowest BCUT2D eigenvalue weighted by molar-refractivity contribution is -0.145. The molecule has 0 aliphatic heterocycles. The molecule has 2 aromatic heterocycles. The standard InChI is InChI=1S/C16H15F3N6/c1-25-12-5-3-2-4-10(12)21-14(25)9-6-8(9)11-7-13(24-20)23-15(22-11)16(17,18)19/h2-5,7-9H,6,20H2,1H3,(H,22,23,24). The molecule has 2 heterocycles. The number of hydrogen-bond acceptors (Lipinski definition) is 5. The minimum atomic E-state index is -4.62. The first-order chi connectivity index (χ1) is 11.9. The summed E-state index contributed by atoms with van der Waals surface area (Å²) in [5.74, 6) is 4.76. The maximum absolute atomic E-state index is 13.0. The molecule has 1 aromatic carbocycles. The van der Waals surface area contributed by atoms with Crippen molar-refractivity contribution in [1.82, 2.24) is 19.5 Å². The van der Waals surface area contributed by atoms with E-state index in [9.17, 15) is 13.2 Å². The van der Waals surface area contributed by atoms with E-state index in [2.05, 4.69) is 20.4 Å². The Morgan fingerprint density at radius 1 is 1.16 bits per heavy atom. The molecular formula is C16H15F3N6. The molecule has 0 bridgehead atoms. The van der Waals surface area contributed by atoms with Gasteiger partial charge < -0.3 is 9.99 Å². The number of aromatic nitrogens is 4. The summed E-state index contributed by atoms with van der Waals surface area (Å²) < 4.78 is 40.9. The van der Waals surface area contributed by atoms with Crippen molar-refractivity contribution in [2.24, 2.45) is 12.9 Å². The highest BCUT2D eigenvalue weighted by atomic mass is 19.4. The third-order valence-corrected chi connectivity index (χ3v) is 4.47. The number of nitrogens with two attached hydrogens (primary N) is 1. The molecule has 0 spiro atoms. The Hall–Kier alpha value is -2.68. The second-order valence-corrected chi connectivity index (χ2v) is 6.11. The molecule has 1 fully saturated rings. The summed E-state index contributed by atoms with van der Waals surface area (Å²) in [7, 11) is 1.91. The number of aryl methyl sites for hydroxylation is 1. The minimum absolute atomic E-state index is 0.0269. The number of alkyl halides is 3. The van der Waals surface area contributed by atoms with Gasteiger partial charge in [0.05, 0.1) is 16.7 Å². The lowest BCUT2D eigenvalue weighted by atomic mass is 10.2. The number of hydrogen-bond donors (Lipinski definition) is 2. The van der Waals surface area contributed by atoms with Crippen LogP contribution in [-0.4, -0.2) is 19.5 Å². The van der Waals surface area contributed by atoms with Gasteiger partial charge >= 0.3 is 6.18 Å². The van der Waals surface area contributed by atoms with Gasteiger partial charge in [-0.05, 0) is 18.6 Å². The number of anilines is 1. The van der Waals surface area contributed by atoms with E-state index in [4.69, 9.17) is 5.84 Å². The molecule has 1 aliphatic rings.